The lowest BCUT2D eigenvalue weighted by molar-refractivity contribution is -0.123. The number of nitrogens with zero attached hydrogens (tertiary/aromatic N) is 1. The first-order valence-corrected chi connectivity index (χ1v) is 5.56. The van der Waals surface area contributed by atoms with Crippen molar-refractivity contribution in [2.45, 2.75) is 20.3 Å². The number of rotatable bonds is 2. The molecule has 2 heterocycles. The van der Waals surface area contributed by atoms with Crippen molar-refractivity contribution in [1.82, 2.24) is 10.3 Å². The van der Waals surface area contributed by atoms with E-state index >= 15 is 0 Å². The number of aryl methyl sites for hydroxylation is 1. The highest BCUT2D eigenvalue weighted by atomic mass is 16.2. The Kier molecular flexibility index (Phi) is 2.92. The van der Waals surface area contributed by atoms with E-state index in [0.29, 0.717) is 5.82 Å². The molecule has 1 saturated heterocycles. The number of carbonyl (C=O) groups is 1. The van der Waals surface area contributed by atoms with Crippen LogP contribution in [0.2, 0.25) is 0 Å². The summed E-state index contributed by atoms with van der Waals surface area (Å²) in [6.45, 7) is 5.54. The van der Waals surface area contributed by atoms with E-state index in [1.165, 1.54) is 0 Å². The van der Waals surface area contributed by atoms with Gasteiger partial charge >= 0.3 is 0 Å². The normalized spacial score (nSPS) is 24.4. The highest BCUT2D eigenvalue weighted by molar-refractivity contribution is 5.94. The summed E-state index contributed by atoms with van der Waals surface area (Å²) in [5, 5.41) is 6.08. The maximum absolute atomic E-state index is 12.1. The highest BCUT2D eigenvalue weighted by Gasteiger charge is 2.36. The average molecular weight is 219 g/mol. The molecule has 0 aromatic carbocycles. The maximum atomic E-state index is 12.1. The van der Waals surface area contributed by atoms with Gasteiger partial charge in [-0.05, 0) is 38.9 Å². The molecule has 0 spiro atoms. The molecule has 1 amide bonds. The predicted molar refractivity (Wildman–Crippen MR) is 63.2 cm³/mol. The van der Waals surface area contributed by atoms with Crippen molar-refractivity contribution < 1.29 is 4.79 Å². The quantitative estimate of drug-likeness (QED) is 0.789. The standard InChI is InChI=1S/C12H17N3O/c1-9-4-3-5-10(14-9)15-11(16)12(2)6-7-13-8-12/h3-5,13H,6-8H2,1-2H3,(H,14,15,16). The SMILES string of the molecule is Cc1cccc(NC(=O)C2(C)CCNC2)n1. The second kappa shape index (κ2) is 4.22. The number of nitrogens with one attached hydrogen (secondary N) is 2. The minimum Gasteiger partial charge on any atom is -0.316 e. The van der Waals surface area contributed by atoms with Crippen molar-refractivity contribution in [3.63, 3.8) is 0 Å². The second-order valence-electron chi connectivity index (χ2n) is 4.61. The molecule has 2 N–H and O–H groups in total. The molecule has 0 aliphatic carbocycles. The zero-order valence-electron chi connectivity index (χ0n) is 9.71. The summed E-state index contributed by atoms with van der Waals surface area (Å²) in [5.74, 6) is 0.689. The summed E-state index contributed by atoms with van der Waals surface area (Å²) < 4.78 is 0. The number of carbonyl (C=O) groups excluding carboxylic acids is 1. The Balaban J connectivity index is 2.07. The molecule has 1 aromatic heterocycles. The van der Waals surface area contributed by atoms with Gasteiger partial charge in [-0.3, -0.25) is 4.79 Å². The van der Waals surface area contributed by atoms with E-state index in [0.717, 1.165) is 25.2 Å². The van der Waals surface area contributed by atoms with Crippen molar-refractivity contribution >= 4 is 11.7 Å². The summed E-state index contributed by atoms with van der Waals surface area (Å²) in [6, 6.07) is 5.62. The topological polar surface area (TPSA) is 54.0 Å². The second-order valence-corrected chi connectivity index (χ2v) is 4.61. The first-order chi connectivity index (χ1) is 7.60. The van der Waals surface area contributed by atoms with E-state index in [4.69, 9.17) is 0 Å². The Morgan fingerprint density at radius 2 is 2.38 bits per heavy atom. The molecule has 1 aromatic rings. The van der Waals surface area contributed by atoms with Crippen molar-refractivity contribution in [3.8, 4) is 0 Å². The van der Waals surface area contributed by atoms with Crippen LogP contribution < -0.4 is 10.6 Å². The number of pyridine rings is 1. The third kappa shape index (κ3) is 2.22. The molecule has 2 rings (SSSR count). The smallest absolute Gasteiger partial charge is 0.232 e. The maximum Gasteiger partial charge on any atom is 0.232 e. The highest BCUT2D eigenvalue weighted by Crippen LogP contribution is 2.25. The molecular formula is C12H17N3O. The zero-order valence-corrected chi connectivity index (χ0v) is 9.71. The van der Waals surface area contributed by atoms with E-state index in [1.54, 1.807) is 0 Å². The van der Waals surface area contributed by atoms with E-state index in [9.17, 15) is 4.79 Å². The average Bonchev–Trinajstić information content (AvgIpc) is 2.66. The fourth-order valence-electron chi connectivity index (χ4n) is 1.89. The molecule has 1 atom stereocenters. The van der Waals surface area contributed by atoms with Gasteiger partial charge in [0.25, 0.3) is 0 Å². The van der Waals surface area contributed by atoms with Crippen LogP contribution in [0.15, 0.2) is 18.2 Å². The van der Waals surface area contributed by atoms with Crippen molar-refractivity contribution in [3.05, 3.63) is 23.9 Å². The van der Waals surface area contributed by atoms with Gasteiger partial charge in [-0.15, -0.1) is 0 Å². The number of amides is 1. The monoisotopic (exact) mass is 219 g/mol. The fourth-order valence-corrected chi connectivity index (χ4v) is 1.89. The zero-order chi connectivity index (χ0) is 11.6. The molecule has 0 radical (unpaired) electrons. The molecule has 0 bridgehead atoms. The minimum atomic E-state index is -0.300. The van der Waals surface area contributed by atoms with Gasteiger partial charge in [0.2, 0.25) is 5.91 Å². The van der Waals surface area contributed by atoms with Crippen LogP contribution in [0.1, 0.15) is 19.0 Å². The third-order valence-corrected chi connectivity index (χ3v) is 3.05. The van der Waals surface area contributed by atoms with E-state index in [2.05, 4.69) is 15.6 Å². The van der Waals surface area contributed by atoms with Gasteiger partial charge in [0.05, 0.1) is 5.41 Å². The van der Waals surface area contributed by atoms with E-state index in [1.807, 2.05) is 32.0 Å². The van der Waals surface area contributed by atoms with Crippen LogP contribution in [0.4, 0.5) is 5.82 Å². The van der Waals surface area contributed by atoms with E-state index < -0.39 is 0 Å². The Bertz CT molecular complexity index is 397. The van der Waals surface area contributed by atoms with Crippen molar-refractivity contribution in [1.29, 1.82) is 0 Å². The molecule has 1 unspecified atom stereocenters. The molecule has 1 aliphatic rings. The lowest BCUT2D eigenvalue weighted by atomic mass is 9.89. The Morgan fingerprint density at radius 1 is 1.56 bits per heavy atom. The molecule has 1 fully saturated rings. The van der Waals surface area contributed by atoms with Crippen molar-refractivity contribution in [2.75, 3.05) is 18.4 Å². The molecule has 4 heteroatoms. The van der Waals surface area contributed by atoms with Crippen LogP contribution in [0.25, 0.3) is 0 Å². The molecule has 16 heavy (non-hydrogen) atoms. The van der Waals surface area contributed by atoms with Crippen LogP contribution in [-0.4, -0.2) is 24.0 Å². The summed E-state index contributed by atoms with van der Waals surface area (Å²) >= 11 is 0. The van der Waals surface area contributed by atoms with Gasteiger partial charge in [-0.1, -0.05) is 6.07 Å². The van der Waals surface area contributed by atoms with Crippen LogP contribution in [0, 0.1) is 12.3 Å². The summed E-state index contributed by atoms with van der Waals surface area (Å²) in [5.41, 5.74) is 0.610. The van der Waals surface area contributed by atoms with Gasteiger partial charge in [0, 0.05) is 12.2 Å². The molecule has 4 nitrogen and oxygen atoms in total. The summed E-state index contributed by atoms with van der Waals surface area (Å²) in [4.78, 5) is 16.3. The Labute approximate surface area is 95.5 Å². The largest absolute Gasteiger partial charge is 0.316 e. The first-order valence-electron chi connectivity index (χ1n) is 5.56. The molecule has 0 saturated carbocycles. The van der Waals surface area contributed by atoms with Crippen molar-refractivity contribution in [2.24, 2.45) is 5.41 Å². The van der Waals surface area contributed by atoms with Crippen LogP contribution in [-0.2, 0) is 4.79 Å². The Hall–Kier alpha value is -1.42. The third-order valence-electron chi connectivity index (χ3n) is 3.05. The summed E-state index contributed by atoms with van der Waals surface area (Å²) in [6.07, 6.45) is 0.880. The lowest BCUT2D eigenvalue weighted by Gasteiger charge is -2.21. The number of hydrogen-bond acceptors (Lipinski definition) is 3. The van der Waals surface area contributed by atoms with Gasteiger partial charge in [-0.25, -0.2) is 4.98 Å². The first kappa shape index (κ1) is 11.1. The number of anilines is 1. The molecule has 86 valence electrons. The van der Waals surface area contributed by atoms with E-state index in [-0.39, 0.29) is 11.3 Å². The summed E-state index contributed by atoms with van der Waals surface area (Å²) in [7, 11) is 0. The van der Waals surface area contributed by atoms with Gasteiger partial charge in [0.15, 0.2) is 0 Å². The van der Waals surface area contributed by atoms with Crippen LogP contribution >= 0.6 is 0 Å². The number of aromatic nitrogens is 1. The minimum absolute atomic E-state index is 0.0515. The molecular weight excluding hydrogens is 202 g/mol. The van der Waals surface area contributed by atoms with Crippen LogP contribution in [0.3, 0.4) is 0 Å². The Morgan fingerprint density at radius 3 is 3.00 bits per heavy atom. The fraction of sp³-hybridized carbons (Fsp3) is 0.500. The predicted octanol–water partition coefficient (Wildman–Crippen LogP) is 1.33. The van der Waals surface area contributed by atoms with Gasteiger partial charge < -0.3 is 10.6 Å². The number of hydrogen-bond donors (Lipinski definition) is 2. The molecule has 1 aliphatic heterocycles. The lowest BCUT2D eigenvalue weighted by Crippen LogP contribution is -2.35. The van der Waals surface area contributed by atoms with Crippen LogP contribution in [0.5, 0.6) is 0 Å². The van der Waals surface area contributed by atoms with Gasteiger partial charge in [-0.2, -0.15) is 0 Å². The van der Waals surface area contributed by atoms with Gasteiger partial charge in [0.1, 0.15) is 5.82 Å².